The smallest absolute Gasteiger partial charge is 0.383 e. The zero-order valence-electron chi connectivity index (χ0n) is 22.3. The van der Waals surface area contributed by atoms with Gasteiger partial charge in [-0.25, -0.2) is 29.1 Å². The summed E-state index contributed by atoms with van der Waals surface area (Å²) in [5.41, 5.74) is -3.17. The lowest BCUT2D eigenvalue weighted by molar-refractivity contribution is -0.144. The van der Waals surface area contributed by atoms with E-state index in [1.807, 2.05) is 5.32 Å². The number of halogens is 7. The maximum Gasteiger partial charge on any atom is 0.451 e. The number of urea groups is 1. The van der Waals surface area contributed by atoms with Crippen LogP contribution in [-0.4, -0.2) is 55.6 Å². The molecule has 1 aromatic carbocycles. The van der Waals surface area contributed by atoms with Crippen LogP contribution in [0.25, 0.3) is 0 Å². The second kappa shape index (κ2) is 11.7. The first-order valence-electron chi connectivity index (χ1n) is 12.7. The SMILES string of the molecule is Cc1ncc(C(C)(O)CNc2ccnc(C(F)(F)F)n2)c(C2CCN(C(=O)Nc3c(F)cccc3C(F)(F)F)CC2)n1. The molecule has 2 amide bonds. The number of anilines is 2. The van der Waals surface area contributed by atoms with E-state index in [-0.39, 0.29) is 31.4 Å². The Hall–Kier alpha value is -4.08. The Morgan fingerprint density at radius 2 is 1.71 bits per heavy atom. The van der Waals surface area contributed by atoms with Crippen LogP contribution in [0, 0.1) is 12.7 Å². The Morgan fingerprint density at radius 1 is 1.02 bits per heavy atom. The summed E-state index contributed by atoms with van der Waals surface area (Å²) < 4.78 is 93.1. The number of carbonyl (C=O) groups excluding carboxylic acids is 1. The minimum Gasteiger partial charge on any atom is -0.383 e. The van der Waals surface area contributed by atoms with Gasteiger partial charge in [0.15, 0.2) is 0 Å². The standard InChI is InChI=1S/C26H26F7N7O2/c1-14-35-12-17(24(2,42)13-36-19-6-9-34-22(38-19)26(31,32)33)20(37-14)15-7-10-40(11-8-15)23(41)39-21-16(25(28,29)30)4-3-5-18(21)27/h3-6,9,12,15,42H,7-8,10-11,13H2,1-2H3,(H,39,41)(H,34,36,38). The Kier molecular flexibility index (Phi) is 8.57. The molecule has 0 radical (unpaired) electrons. The van der Waals surface area contributed by atoms with E-state index in [9.17, 15) is 40.6 Å². The van der Waals surface area contributed by atoms with Gasteiger partial charge >= 0.3 is 18.4 Å². The van der Waals surface area contributed by atoms with Crippen molar-refractivity contribution >= 4 is 17.5 Å². The molecule has 1 atom stereocenters. The molecule has 0 bridgehead atoms. The number of nitrogens with zero attached hydrogens (tertiary/aromatic N) is 5. The number of nitrogens with one attached hydrogen (secondary N) is 2. The molecule has 1 saturated heterocycles. The first-order chi connectivity index (χ1) is 19.6. The summed E-state index contributed by atoms with van der Waals surface area (Å²) in [5, 5.41) is 16.0. The molecular weight excluding hydrogens is 575 g/mol. The van der Waals surface area contributed by atoms with E-state index < -0.39 is 46.9 Å². The third-order valence-electron chi connectivity index (χ3n) is 6.76. The minimum atomic E-state index is -4.88. The van der Waals surface area contributed by atoms with E-state index in [2.05, 4.69) is 25.3 Å². The number of piperidine rings is 1. The zero-order chi connectivity index (χ0) is 30.9. The summed E-state index contributed by atoms with van der Waals surface area (Å²) >= 11 is 0. The fourth-order valence-corrected chi connectivity index (χ4v) is 4.59. The highest BCUT2D eigenvalue weighted by Crippen LogP contribution is 2.37. The van der Waals surface area contributed by atoms with Crippen molar-refractivity contribution in [2.24, 2.45) is 0 Å². The van der Waals surface area contributed by atoms with Crippen molar-refractivity contribution in [3.63, 3.8) is 0 Å². The quantitative estimate of drug-likeness (QED) is 0.321. The maximum atomic E-state index is 14.2. The molecule has 0 aliphatic carbocycles. The van der Waals surface area contributed by atoms with Crippen molar-refractivity contribution in [3.05, 3.63) is 70.9 Å². The van der Waals surface area contributed by atoms with Crippen LogP contribution in [0.3, 0.4) is 0 Å². The number of amides is 2. The number of aryl methyl sites for hydroxylation is 1. The highest BCUT2D eigenvalue weighted by Gasteiger charge is 2.37. The number of carbonyl (C=O) groups is 1. The van der Waals surface area contributed by atoms with Crippen molar-refractivity contribution < 1.29 is 40.6 Å². The third kappa shape index (κ3) is 7.03. The fraction of sp³-hybridized carbons (Fsp3) is 0.423. The minimum absolute atomic E-state index is 0.0936. The van der Waals surface area contributed by atoms with Crippen molar-refractivity contribution in [2.75, 3.05) is 30.3 Å². The highest BCUT2D eigenvalue weighted by molar-refractivity contribution is 5.90. The number of likely N-dealkylation sites (tertiary alicyclic amines) is 1. The van der Waals surface area contributed by atoms with E-state index in [0.717, 1.165) is 18.3 Å². The number of aromatic nitrogens is 4. The Morgan fingerprint density at radius 3 is 2.36 bits per heavy atom. The molecule has 3 N–H and O–H groups in total. The van der Waals surface area contributed by atoms with Gasteiger partial charge in [-0.05, 0) is 44.9 Å². The van der Waals surface area contributed by atoms with Gasteiger partial charge in [0.05, 0.1) is 16.9 Å². The first-order valence-corrected chi connectivity index (χ1v) is 12.7. The van der Waals surface area contributed by atoms with Crippen LogP contribution in [0.15, 0.2) is 36.7 Å². The summed E-state index contributed by atoms with van der Waals surface area (Å²) in [6.45, 7) is 2.99. The third-order valence-corrected chi connectivity index (χ3v) is 6.76. The Labute approximate surface area is 235 Å². The van der Waals surface area contributed by atoms with Crippen LogP contribution in [0.5, 0.6) is 0 Å². The van der Waals surface area contributed by atoms with Crippen LogP contribution in [-0.2, 0) is 18.0 Å². The number of aliphatic hydroxyl groups is 1. The molecule has 3 aromatic rings. The second-order valence-electron chi connectivity index (χ2n) is 9.96. The largest absolute Gasteiger partial charge is 0.451 e. The Balaban J connectivity index is 1.46. The normalized spacial score (nSPS) is 16.2. The van der Waals surface area contributed by atoms with E-state index in [0.29, 0.717) is 36.0 Å². The van der Waals surface area contributed by atoms with E-state index in [1.165, 1.54) is 24.1 Å². The van der Waals surface area contributed by atoms with Crippen LogP contribution >= 0.6 is 0 Å². The van der Waals surface area contributed by atoms with E-state index in [4.69, 9.17) is 0 Å². The molecule has 1 aliphatic rings. The monoisotopic (exact) mass is 601 g/mol. The molecule has 0 spiro atoms. The topological polar surface area (TPSA) is 116 Å². The maximum absolute atomic E-state index is 14.2. The summed E-state index contributed by atoms with van der Waals surface area (Å²) in [4.78, 5) is 29.3. The first kappa shape index (κ1) is 30.9. The number of para-hydroxylation sites is 1. The fourth-order valence-electron chi connectivity index (χ4n) is 4.59. The van der Waals surface area contributed by atoms with Gasteiger partial charge in [-0.1, -0.05) is 6.07 Å². The van der Waals surface area contributed by atoms with Crippen molar-refractivity contribution in [1.82, 2.24) is 24.8 Å². The molecular formula is C26H26F7N7O2. The summed E-state index contributed by atoms with van der Waals surface area (Å²) in [5.74, 6) is -2.63. The molecule has 16 heteroatoms. The van der Waals surface area contributed by atoms with Gasteiger partial charge in [-0.2, -0.15) is 26.3 Å². The molecule has 1 aliphatic heterocycles. The van der Waals surface area contributed by atoms with Crippen LogP contribution in [0.4, 0.5) is 47.0 Å². The summed E-state index contributed by atoms with van der Waals surface area (Å²) in [6.07, 6.45) is -6.66. The highest BCUT2D eigenvalue weighted by atomic mass is 19.4. The molecule has 1 unspecified atom stereocenters. The number of alkyl halides is 6. The average molecular weight is 602 g/mol. The Bertz CT molecular complexity index is 1440. The van der Waals surface area contributed by atoms with Gasteiger partial charge in [-0.15, -0.1) is 0 Å². The molecule has 4 rings (SSSR count). The van der Waals surface area contributed by atoms with Crippen molar-refractivity contribution in [3.8, 4) is 0 Å². The van der Waals surface area contributed by atoms with Crippen LogP contribution in [0.2, 0.25) is 0 Å². The molecule has 42 heavy (non-hydrogen) atoms. The molecule has 2 aromatic heterocycles. The zero-order valence-corrected chi connectivity index (χ0v) is 22.3. The molecule has 226 valence electrons. The summed E-state index contributed by atoms with van der Waals surface area (Å²) in [6, 6.07) is 2.71. The van der Waals surface area contributed by atoms with Gasteiger partial charge in [0.2, 0.25) is 5.82 Å². The molecule has 0 saturated carbocycles. The number of benzene rings is 1. The van der Waals surface area contributed by atoms with E-state index >= 15 is 0 Å². The van der Waals surface area contributed by atoms with Crippen molar-refractivity contribution in [2.45, 2.75) is 50.6 Å². The summed E-state index contributed by atoms with van der Waals surface area (Å²) in [7, 11) is 0. The molecule has 1 fully saturated rings. The predicted octanol–water partition coefficient (Wildman–Crippen LogP) is 5.48. The molecule has 9 nitrogen and oxygen atoms in total. The lowest BCUT2D eigenvalue weighted by Gasteiger charge is -2.34. The lowest BCUT2D eigenvalue weighted by Crippen LogP contribution is -2.42. The van der Waals surface area contributed by atoms with Crippen LogP contribution in [0.1, 0.15) is 54.2 Å². The number of rotatable bonds is 6. The predicted molar refractivity (Wildman–Crippen MR) is 136 cm³/mol. The number of hydrogen-bond acceptors (Lipinski definition) is 7. The van der Waals surface area contributed by atoms with Crippen molar-refractivity contribution in [1.29, 1.82) is 0 Å². The van der Waals surface area contributed by atoms with E-state index in [1.54, 1.807) is 6.92 Å². The van der Waals surface area contributed by atoms with Gasteiger partial charge < -0.3 is 20.6 Å². The van der Waals surface area contributed by atoms with Gasteiger partial charge in [-0.3, -0.25) is 0 Å². The second-order valence-corrected chi connectivity index (χ2v) is 9.96. The van der Waals surface area contributed by atoms with Gasteiger partial charge in [0.1, 0.15) is 23.1 Å². The lowest BCUT2D eigenvalue weighted by atomic mass is 9.85. The van der Waals surface area contributed by atoms with Crippen LogP contribution < -0.4 is 10.6 Å². The molecule has 3 heterocycles. The van der Waals surface area contributed by atoms with Gasteiger partial charge in [0.25, 0.3) is 0 Å². The number of hydrogen-bond donors (Lipinski definition) is 3. The average Bonchev–Trinajstić information content (AvgIpc) is 2.92. The van der Waals surface area contributed by atoms with Gasteiger partial charge in [0, 0.05) is 43.5 Å².